The minimum absolute atomic E-state index is 0.0224. The van der Waals surface area contributed by atoms with Crippen molar-refractivity contribution in [3.63, 3.8) is 0 Å². The minimum atomic E-state index is 0.0224. The standard InChI is InChI=1S/C24H23N5O/c1-28-14-18-7-6-17(10-22(18)24(28)30)23-21(9-8-20(11-25)27-23)19-12-26-29(15-19)13-16-4-2-3-5-16/h6-10,12,15-16H,2-5,13-14H2,1H3. The number of rotatable bonds is 4. The first-order valence-corrected chi connectivity index (χ1v) is 10.4. The molecule has 0 spiro atoms. The number of benzene rings is 1. The Morgan fingerprint density at radius 3 is 2.77 bits per heavy atom. The lowest BCUT2D eigenvalue weighted by atomic mass is 9.98. The Kier molecular flexibility index (Phi) is 4.59. The smallest absolute Gasteiger partial charge is 0.254 e. The van der Waals surface area contributed by atoms with Crippen molar-refractivity contribution in [2.45, 2.75) is 38.8 Å². The molecule has 3 heterocycles. The quantitative estimate of drug-likeness (QED) is 0.659. The molecule has 1 aliphatic carbocycles. The number of aromatic nitrogens is 3. The van der Waals surface area contributed by atoms with E-state index in [0.717, 1.165) is 28.8 Å². The van der Waals surface area contributed by atoms with E-state index in [-0.39, 0.29) is 5.91 Å². The van der Waals surface area contributed by atoms with Crippen molar-refractivity contribution in [2.24, 2.45) is 5.92 Å². The lowest BCUT2D eigenvalue weighted by molar-refractivity contribution is 0.0816. The molecule has 0 atom stereocenters. The third-order valence-corrected chi connectivity index (χ3v) is 6.24. The first kappa shape index (κ1) is 18.6. The summed E-state index contributed by atoms with van der Waals surface area (Å²) in [5.41, 5.74) is 5.54. The Morgan fingerprint density at radius 2 is 1.97 bits per heavy atom. The van der Waals surface area contributed by atoms with Gasteiger partial charge in [0, 0.05) is 48.6 Å². The van der Waals surface area contributed by atoms with E-state index in [2.05, 4.69) is 22.3 Å². The maximum Gasteiger partial charge on any atom is 0.254 e. The van der Waals surface area contributed by atoms with Crippen LogP contribution < -0.4 is 0 Å². The largest absolute Gasteiger partial charge is 0.337 e. The summed E-state index contributed by atoms with van der Waals surface area (Å²) >= 11 is 0. The van der Waals surface area contributed by atoms with Gasteiger partial charge in [0.1, 0.15) is 11.8 Å². The molecule has 0 bridgehead atoms. The second-order valence-corrected chi connectivity index (χ2v) is 8.34. The van der Waals surface area contributed by atoms with Crippen molar-refractivity contribution in [2.75, 3.05) is 7.05 Å². The van der Waals surface area contributed by atoms with Crippen molar-refractivity contribution in [1.82, 2.24) is 19.7 Å². The molecule has 0 radical (unpaired) electrons. The summed E-state index contributed by atoms with van der Waals surface area (Å²) in [4.78, 5) is 18.8. The van der Waals surface area contributed by atoms with Gasteiger partial charge in [-0.3, -0.25) is 9.48 Å². The Balaban J connectivity index is 1.54. The predicted molar refractivity (Wildman–Crippen MR) is 113 cm³/mol. The van der Waals surface area contributed by atoms with Crippen LogP contribution >= 0.6 is 0 Å². The topological polar surface area (TPSA) is 74.8 Å². The summed E-state index contributed by atoms with van der Waals surface area (Å²) in [5.74, 6) is 0.727. The predicted octanol–water partition coefficient (Wildman–Crippen LogP) is 4.26. The maximum absolute atomic E-state index is 12.5. The number of nitriles is 1. The number of amides is 1. The van der Waals surface area contributed by atoms with Crippen LogP contribution in [0.25, 0.3) is 22.4 Å². The Labute approximate surface area is 175 Å². The number of carbonyl (C=O) groups excluding carboxylic acids is 1. The number of carbonyl (C=O) groups is 1. The Bertz CT molecular complexity index is 1170. The summed E-state index contributed by atoms with van der Waals surface area (Å²) in [6.07, 6.45) is 9.11. The van der Waals surface area contributed by atoms with E-state index in [1.54, 1.807) is 18.0 Å². The molecule has 1 amide bonds. The molecule has 150 valence electrons. The summed E-state index contributed by atoms with van der Waals surface area (Å²) < 4.78 is 2.02. The Hall–Kier alpha value is -3.46. The molecule has 6 heteroatoms. The van der Waals surface area contributed by atoms with Gasteiger partial charge in [-0.25, -0.2) is 4.98 Å². The van der Waals surface area contributed by atoms with E-state index in [0.29, 0.717) is 29.4 Å². The highest BCUT2D eigenvalue weighted by molar-refractivity contribution is 5.99. The fraction of sp³-hybridized carbons (Fsp3) is 0.333. The average molecular weight is 397 g/mol. The van der Waals surface area contributed by atoms with Gasteiger partial charge >= 0.3 is 0 Å². The summed E-state index contributed by atoms with van der Waals surface area (Å²) in [6.45, 7) is 1.57. The zero-order chi connectivity index (χ0) is 20.7. The zero-order valence-electron chi connectivity index (χ0n) is 17.0. The SMILES string of the molecule is CN1Cc2ccc(-c3nc(C#N)ccc3-c3cnn(CC4CCCC4)c3)cc2C1=O. The Morgan fingerprint density at radius 1 is 1.13 bits per heavy atom. The fourth-order valence-electron chi connectivity index (χ4n) is 4.63. The summed E-state index contributed by atoms with van der Waals surface area (Å²) in [5, 5.41) is 14.0. The van der Waals surface area contributed by atoms with Crippen molar-refractivity contribution in [3.05, 3.63) is 59.5 Å². The zero-order valence-corrected chi connectivity index (χ0v) is 17.0. The van der Waals surface area contributed by atoms with Gasteiger partial charge in [-0.2, -0.15) is 10.4 Å². The second-order valence-electron chi connectivity index (χ2n) is 8.34. The van der Waals surface area contributed by atoms with Gasteiger partial charge in [0.05, 0.1) is 11.9 Å². The number of hydrogen-bond acceptors (Lipinski definition) is 4. The molecule has 1 saturated carbocycles. The van der Waals surface area contributed by atoms with Crippen molar-refractivity contribution in [1.29, 1.82) is 5.26 Å². The van der Waals surface area contributed by atoms with Gasteiger partial charge in [0.25, 0.3) is 5.91 Å². The maximum atomic E-state index is 12.5. The first-order valence-electron chi connectivity index (χ1n) is 10.4. The molecule has 1 aromatic carbocycles. The molecule has 2 aliphatic rings. The van der Waals surface area contributed by atoms with E-state index in [1.165, 1.54) is 25.7 Å². The molecule has 0 N–H and O–H groups in total. The van der Waals surface area contributed by atoms with Crippen molar-refractivity contribution >= 4 is 5.91 Å². The van der Waals surface area contributed by atoms with Crippen LogP contribution in [-0.2, 0) is 13.1 Å². The normalized spacial score (nSPS) is 16.1. The number of fused-ring (bicyclic) bond motifs is 1. The highest BCUT2D eigenvalue weighted by atomic mass is 16.2. The van der Waals surface area contributed by atoms with E-state index in [1.807, 2.05) is 35.1 Å². The van der Waals surface area contributed by atoms with Crippen LogP contribution in [0.2, 0.25) is 0 Å². The molecule has 2 aromatic heterocycles. The highest BCUT2D eigenvalue weighted by Gasteiger charge is 2.25. The molecule has 1 fully saturated rings. The lowest BCUT2D eigenvalue weighted by Gasteiger charge is -2.10. The third-order valence-electron chi connectivity index (χ3n) is 6.24. The summed E-state index contributed by atoms with van der Waals surface area (Å²) in [6, 6.07) is 11.7. The van der Waals surface area contributed by atoms with E-state index in [9.17, 15) is 10.1 Å². The van der Waals surface area contributed by atoms with Gasteiger partial charge in [-0.05, 0) is 42.5 Å². The molecule has 0 unspecified atom stereocenters. The fourth-order valence-corrected chi connectivity index (χ4v) is 4.63. The number of pyridine rings is 1. The molecule has 1 aliphatic heterocycles. The van der Waals surface area contributed by atoms with Gasteiger partial charge in [0.15, 0.2) is 0 Å². The monoisotopic (exact) mass is 397 g/mol. The van der Waals surface area contributed by atoms with Gasteiger partial charge in [-0.1, -0.05) is 25.0 Å². The van der Waals surface area contributed by atoms with Crippen LogP contribution in [0, 0.1) is 17.2 Å². The second kappa shape index (κ2) is 7.42. The first-order chi connectivity index (χ1) is 14.6. The third kappa shape index (κ3) is 3.26. The molecule has 0 saturated heterocycles. The van der Waals surface area contributed by atoms with Crippen molar-refractivity contribution in [3.8, 4) is 28.5 Å². The van der Waals surface area contributed by atoms with Gasteiger partial charge in [-0.15, -0.1) is 0 Å². The number of hydrogen-bond donors (Lipinski definition) is 0. The summed E-state index contributed by atoms with van der Waals surface area (Å²) in [7, 11) is 1.81. The van der Waals surface area contributed by atoms with E-state index < -0.39 is 0 Å². The molecular weight excluding hydrogens is 374 g/mol. The molecule has 3 aromatic rings. The van der Waals surface area contributed by atoms with Crippen LogP contribution in [-0.4, -0.2) is 32.6 Å². The van der Waals surface area contributed by atoms with Crippen LogP contribution in [0.1, 0.15) is 47.3 Å². The molecule has 5 rings (SSSR count). The number of nitrogens with zero attached hydrogens (tertiary/aromatic N) is 5. The van der Waals surface area contributed by atoms with E-state index >= 15 is 0 Å². The van der Waals surface area contributed by atoms with Crippen LogP contribution in [0.5, 0.6) is 0 Å². The van der Waals surface area contributed by atoms with E-state index in [4.69, 9.17) is 0 Å². The van der Waals surface area contributed by atoms with Gasteiger partial charge in [0.2, 0.25) is 0 Å². The lowest BCUT2D eigenvalue weighted by Crippen LogP contribution is -2.17. The highest BCUT2D eigenvalue weighted by Crippen LogP contribution is 2.34. The molecule has 6 nitrogen and oxygen atoms in total. The van der Waals surface area contributed by atoms with Crippen LogP contribution in [0.15, 0.2) is 42.7 Å². The van der Waals surface area contributed by atoms with Crippen molar-refractivity contribution < 1.29 is 4.79 Å². The van der Waals surface area contributed by atoms with Crippen LogP contribution in [0.4, 0.5) is 0 Å². The minimum Gasteiger partial charge on any atom is -0.337 e. The molecular formula is C24H23N5O. The van der Waals surface area contributed by atoms with Crippen LogP contribution in [0.3, 0.4) is 0 Å². The average Bonchev–Trinajstić information content (AvgIpc) is 3.50. The molecule has 30 heavy (non-hydrogen) atoms. The van der Waals surface area contributed by atoms with Gasteiger partial charge < -0.3 is 4.90 Å².